The lowest BCUT2D eigenvalue weighted by Gasteiger charge is -2.29. The number of carbonyl (C=O) groups excluding carboxylic acids is 4. The molecule has 1 atom stereocenters. The summed E-state index contributed by atoms with van der Waals surface area (Å²) in [5, 5.41) is 3.04. The molecule has 1 fully saturated rings. The van der Waals surface area contributed by atoms with Gasteiger partial charge in [0.25, 0.3) is 5.91 Å². The number of imide groups is 1. The van der Waals surface area contributed by atoms with Gasteiger partial charge in [0.2, 0.25) is 17.7 Å². The Morgan fingerprint density at radius 2 is 1.85 bits per heavy atom. The van der Waals surface area contributed by atoms with Crippen molar-refractivity contribution in [2.45, 2.75) is 38.8 Å². The number of fused-ring (bicyclic) bond motifs is 2. The van der Waals surface area contributed by atoms with Gasteiger partial charge in [-0.05, 0) is 41.7 Å². The minimum absolute atomic E-state index is 0.203. The van der Waals surface area contributed by atoms with E-state index in [1.807, 2.05) is 67.6 Å². The molecule has 0 saturated carbocycles. The molecule has 4 amide bonds. The van der Waals surface area contributed by atoms with Crippen LogP contribution in [0.2, 0.25) is 0 Å². The number of carbonyl (C=O) groups is 4. The lowest BCUT2D eigenvalue weighted by Crippen LogP contribution is -2.52. The zero-order valence-corrected chi connectivity index (χ0v) is 21.4. The number of benzene rings is 3. The van der Waals surface area contributed by atoms with Gasteiger partial charge < -0.3 is 10.6 Å². The van der Waals surface area contributed by atoms with Crippen LogP contribution in [-0.2, 0) is 22.6 Å². The van der Waals surface area contributed by atoms with Gasteiger partial charge in [-0.25, -0.2) is 4.98 Å². The zero-order valence-electron chi connectivity index (χ0n) is 21.4. The Bertz CT molecular complexity index is 1700. The quantitative estimate of drug-likeness (QED) is 0.391. The van der Waals surface area contributed by atoms with Gasteiger partial charge in [0.15, 0.2) is 0 Å². The van der Waals surface area contributed by atoms with Gasteiger partial charge in [-0.3, -0.25) is 24.5 Å². The van der Waals surface area contributed by atoms with E-state index in [4.69, 9.17) is 10.7 Å². The lowest BCUT2D eigenvalue weighted by atomic mass is 9.90. The number of piperidine rings is 1. The van der Waals surface area contributed by atoms with Gasteiger partial charge in [0.1, 0.15) is 6.04 Å². The first-order chi connectivity index (χ1) is 18.8. The maximum Gasteiger partial charge on any atom is 0.255 e. The number of nitrogens with one attached hydrogen (secondary N) is 1. The monoisotopic (exact) mass is 518 g/mol. The number of para-hydroxylation sites is 1. The molecule has 3 heterocycles. The third kappa shape index (κ3) is 4.24. The van der Waals surface area contributed by atoms with E-state index in [9.17, 15) is 19.2 Å². The highest BCUT2D eigenvalue weighted by Crippen LogP contribution is 2.34. The van der Waals surface area contributed by atoms with E-state index in [1.165, 1.54) is 4.90 Å². The Hall–Kier alpha value is -4.85. The van der Waals surface area contributed by atoms with Gasteiger partial charge in [-0.15, -0.1) is 0 Å². The van der Waals surface area contributed by atoms with Crippen molar-refractivity contribution in [1.82, 2.24) is 15.2 Å². The van der Waals surface area contributed by atoms with Crippen LogP contribution >= 0.6 is 0 Å². The van der Waals surface area contributed by atoms with Gasteiger partial charge in [-0.1, -0.05) is 60.7 Å². The average molecular weight is 519 g/mol. The highest BCUT2D eigenvalue weighted by atomic mass is 16.2. The summed E-state index contributed by atoms with van der Waals surface area (Å²) in [6, 6.07) is 20.3. The molecule has 6 rings (SSSR count). The first kappa shape index (κ1) is 24.5. The number of pyridine rings is 1. The Morgan fingerprint density at radius 3 is 2.59 bits per heavy atom. The maximum atomic E-state index is 13.1. The fourth-order valence-corrected chi connectivity index (χ4v) is 5.70. The number of nitrogens with zero attached hydrogens (tertiary/aromatic N) is 2. The predicted octanol–water partition coefficient (Wildman–Crippen LogP) is 3.66. The molecule has 1 unspecified atom stereocenters. The molecule has 8 heteroatoms. The fourth-order valence-electron chi connectivity index (χ4n) is 5.70. The van der Waals surface area contributed by atoms with Crippen molar-refractivity contribution in [2.75, 3.05) is 0 Å². The standard InChI is InChI=1S/C31H26N4O4/c1-17-6-5-9-22-26(29(32)37)23(28(34-27(17)22)19-7-3-2-4-8-19)15-18-10-11-21-20(14-18)16-35(31(21)39)24-12-13-25(36)33-30(24)38/h2-11,14,24H,12-13,15-16H2,1H3,(H2,32,37)(H,33,36,38). The van der Waals surface area contributed by atoms with Gasteiger partial charge >= 0.3 is 0 Å². The molecule has 2 aliphatic rings. The fraction of sp³-hybridized carbons (Fsp3) is 0.194. The molecular formula is C31H26N4O4. The van der Waals surface area contributed by atoms with Crippen molar-refractivity contribution in [1.29, 1.82) is 0 Å². The van der Waals surface area contributed by atoms with Gasteiger partial charge in [-0.2, -0.15) is 0 Å². The maximum absolute atomic E-state index is 13.1. The van der Waals surface area contributed by atoms with Crippen LogP contribution in [0.5, 0.6) is 0 Å². The molecule has 0 aliphatic carbocycles. The molecule has 2 aliphatic heterocycles. The molecule has 0 spiro atoms. The topological polar surface area (TPSA) is 122 Å². The Balaban J connectivity index is 1.43. The van der Waals surface area contributed by atoms with E-state index in [0.717, 1.165) is 33.3 Å². The average Bonchev–Trinajstić information content (AvgIpc) is 3.24. The van der Waals surface area contributed by atoms with E-state index >= 15 is 0 Å². The summed E-state index contributed by atoms with van der Waals surface area (Å²) in [6.45, 7) is 2.23. The molecule has 1 aromatic heterocycles. The minimum Gasteiger partial charge on any atom is -0.366 e. The van der Waals surface area contributed by atoms with Crippen molar-refractivity contribution in [3.05, 3.63) is 100 Å². The van der Waals surface area contributed by atoms with Gasteiger partial charge in [0, 0.05) is 35.9 Å². The van der Waals surface area contributed by atoms with Gasteiger partial charge in [0.05, 0.1) is 16.8 Å². The van der Waals surface area contributed by atoms with Crippen molar-refractivity contribution >= 4 is 34.5 Å². The van der Waals surface area contributed by atoms with Crippen LogP contribution in [0.25, 0.3) is 22.2 Å². The van der Waals surface area contributed by atoms with Crippen molar-refractivity contribution < 1.29 is 19.2 Å². The van der Waals surface area contributed by atoms with E-state index in [1.54, 1.807) is 6.07 Å². The molecule has 3 N–H and O–H groups in total. The summed E-state index contributed by atoms with van der Waals surface area (Å²) >= 11 is 0. The van der Waals surface area contributed by atoms with Crippen LogP contribution in [0.4, 0.5) is 0 Å². The van der Waals surface area contributed by atoms with Crippen LogP contribution < -0.4 is 11.1 Å². The Morgan fingerprint density at radius 1 is 1.05 bits per heavy atom. The summed E-state index contributed by atoms with van der Waals surface area (Å²) in [4.78, 5) is 56.6. The molecule has 3 aromatic carbocycles. The zero-order chi connectivity index (χ0) is 27.3. The minimum atomic E-state index is -0.676. The third-order valence-electron chi connectivity index (χ3n) is 7.58. The SMILES string of the molecule is Cc1cccc2c(C(N)=O)c(Cc3ccc4c(c3)CN(C3CCC(=O)NC3=O)C4=O)c(-c3ccccc3)nc12. The molecule has 8 nitrogen and oxygen atoms in total. The van der Waals surface area contributed by atoms with E-state index < -0.39 is 17.9 Å². The smallest absolute Gasteiger partial charge is 0.255 e. The summed E-state index contributed by atoms with van der Waals surface area (Å²) in [7, 11) is 0. The first-order valence-electron chi connectivity index (χ1n) is 12.9. The Kier molecular flexibility index (Phi) is 5.95. The summed E-state index contributed by atoms with van der Waals surface area (Å²) < 4.78 is 0. The molecule has 1 saturated heterocycles. The number of primary amides is 1. The highest BCUT2D eigenvalue weighted by Gasteiger charge is 2.39. The van der Waals surface area contributed by atoms with Crippen molar-refractivity contribution in [3.63, 3.8) is 0 Å². The third-order valence-corrected chi connectivity index (χ3v) is 7.58. The van der Waals surface area contributed by atoms with E-state index in [2.05, 4.69) is 5.32 Å². The second kappa shape index (κ2) is 9.47. The van der Waals surface area contributed by atoms with E-state index in [-0.39, 0.29) is 24.8 Å². The summed E-state index contributed by atoms with van der Waals surface area (Å²) in [5.74, 6) is -1.51. The molecule has 0 radical (unpaired) electrons. The van der Waals surface area contributed by atoms with Crippen LogP contribution in [0.1, 0.15) is 55.8 Å². The number of aromatic nitrogens is 1. The number of nitrogens with two attached hydrogens (primary N) is 1. The van der Waals surface area contributed by atoms with Crippen molar-refractivity contribution in [2.24, 2.45) is 5.73 Å². The first-order valence-corrected chi connectivity index (χ1v) is 12.9. The summed E-state index contributed by atoms with van der Waals surface area (Å²) in [6.07, 6.45) is 0.884. The van der Waals surface area contributed by atoms with Crippen LogP contribution in [0.15, 0.2) is 66.7 Å². The number of hydrogen-bond donors (Lipinski definition) is 2. The van der Waals surface area contributed by atoms with Crippen molar-refractivity contribution in [3.8, 4) is 11.3 Å². The molecule has 39 heavy (non-hydrogen) atoms. The normalized spacial score (nSPS) is 16.9. The second-order valence-corrected chi connectivity index (χ2v) is 10.1. The Labute approximate surface area is 224 Å². The number of hydrogen-bond acceptors (Lipinski definition) is 5. The largest absolute Gasteiger partial charge is 0.366 e. The summed E-state index contributed by atoms with van der Waals surface area (Å²) in [5.41, 5.74) is 12.6. The number of rotatable bonds is 5. The lowest BCUT2D eigenvalue weighted by molar-refractivity contribution is -0.136. The molecule has 4 aromatic rings. The second-order valence-electron chi connectivity index (χ2n) is 10.1. The number of aryl methyl sites for hydroxylation is 1. The highest BCUT2D eigenvalue weighted by molar-refractivity contribution is 6.09. The predicted molar refractivity (Wildman–Crippen MR) is 146 cm³/mol. The molecule has 0 bridgehead atoms. The van der Waals surface area contributed by atoms with Crippen LogP contribution in [-0.4, -0.2) is 39.6 Å². The van der Waals surface area contributed by atoms with E-state index in [0.29, 0.717) is 35.0 Å². The molecular weight excluding hydrogens is 492 g/mol. The van der Waals surface area contributed by atoms with Crippen LogP contribution in [0, 0.1) is 6.92 Å². The van der Waals surface area contributed by atoms with Crippen LogP contribution in [0.3, 0.4) is 0 Å². The number of amides is 4. The molecule has 194 valence electrons.